The summed E-state index contributed by atoms with van der Waals surface area (Å²) in [4.78, 5) is 21.7. The number of benzene rings is 2. The Hall–Kier alpha value is -4.99. The first-order valence-corrected chi connectivity index (χ1v) is 11.9. The van der Waals surface area contributed by atoms with E-state index in [1.807, 2.05) is 31.2 Å². The van der Waals surface area contributed by atoms with Crippen molar-refractivity contribution in [2.45, 2.75) is 13.1 Å². The van der Waals surface area contributed by atoms with Gasteiger partial charge in [-0.15, -0.1) is 0 Å². The van der Waals surface area contributed by atoms with Crippen LogP contribution < -0.4 is 10.6 Å². The molecule has 5 aromatic rings. The fourth-order valence-electron chi connectivity index (χ4n) is 4.12. The summed E-state index contributed by atoms with van der Waals surface area (Å²) in [7, 11) is 1.63. The molecular formula is C29H23F3N6O. The Labute approximate surface area is 222 Å². The van der Waals surface area contributed by atoms with E-state index in [2.05, 4.69) is 25.7 Å². The highest BCUT2D eigenvalue weighted by Crippen LogP contribution is 2.35. The van der Waals surface area contributed by atoms with Gasteiger partial charge >= 0.3 is 6.18 Å². The number of hydrogen-bond acceptors (Lipinski definition) is 5. The van der Waals surface area contributed by atoms with Gasteiger partial charge < -0.3 is 10.6 Å². The van der Waals surface area contributed by atoms with Crippen LogP contribution in [0.4, 0.5) is 30.4 Å². The number of nitrogens with one attached hydrogen (secondary N) is 2. The molecule has 0 atom stereocenters. The SMILES string of the molecule is Cc1ccc(C(=O)Nc2cc(-c3ccnn3C)cc(C(F)(F)F)c2)cc1Nc1cc(-c2cccnc2)ccn1. The van der Waals surface area contributed by atoms with Crippen LogP contribution in [0.15, 0.2) is 91.5 Å². The summed E-state index contributed by atoms with van der Waals surface area (Å²) < 4.78 is 42.4. The molecule has 2 aromatic carbocycles. The highest BCUT2D eigenvalue weighted by molar-refractivity contribution is 6.05. The molecule has 0 bridgehead atoms. The minimum absolute atomic E-state index is 0.0203. The molecule has 3 heterocycles. The van der Waals surface area contributed by atoms with Crippen LogP contribution >= 0.6 is 0 Å². The minimum atomic E-state index is -4.59. The van der Waals surface area contributed by atoms with E-state index in [0.717, 1.165) is 28.8 Å². The second-order valence-electron chi connectivity index (χ2n) is 8.92. The van der Waals surface area contributed by atoms with Crippen LogP contribution in [0.3, 0.4) is 0 Å². The smallest absolute Gasteiger partial charge is 0.340 e. The number of alkyl halides is 3. The van der Waals surface area contributed by atoms with Crippen molar-refractivity contribution in [3.8, 4) is 22.4 Å². The molecule has 1 amide bonds. The number of aromatic nitrogens is 4. The Morgan fingerprint density at radius 1 is 0.897 bits per heavy atom. The summed E-state index contributed by atoms with van der Waals surface area (Å²) in [6.07, 6.45) is 2.03. The van der Waals surface area contributed by atoms with Crippen molar-refractivity contribution in [3.05, 3.63) is 108 Å². The quantitative estimate of drug-likeness (QED) is 0.251. The van der Waals surface area contributed by atoms with Gasteiger partial charge in [0, 0.05) is 59.9 Å². The topological polar surface area (TPSA) is 84.7 Å². The van der Waals surface area contributed by atoms with Gasteiger partial charge in [-0.25, -0.2) is 4.98 Å². The average molecular weight is 529 g/mol. The molecule has 39 heavy (non-hydrogen) atoms. The van der Waals surface area contributed by atoms with Crippen LogP contribution in [0.1, 0.15) is 21.5 Å². The number of hydrogen-bond donors (Lipinski definition) is 2. The van der Waals surface area contributed by atoms with E-state index in [-0.39, 0.29) is 16.8 Å². The normalized spacial score (nSPS) is 11.3. The predicted molar refractivity (Wildman–Crippen MR) is 144 cm³/mol. The molecule has 5 rings (SSSR count). The third-order valence-corrected chi connectivity index (χ3v) is 6.15. The number of carbonyl (C=O) groups is 1. The molecule has 0 spiro atoms. The van der Waals surface area contributed by atoms with Gasteiger partial charge in [0.05, 0.1) is 11.3 Å². The van der Waals surface area contributed by atoms with Gasteiger partial charge in [0.2, 0.25) is 0 Å². The number of halogens is 3. The maximum absolute atomic E-state index is 13.6. The van der Waals surface area contributed by atoms with Crippen molar-refractivity contribution in [1.82, 2.24) is 19.7 Å². The molecule has 196 valence electrons. The van der Waals surface area contributed by atoms with Gasteiger partial charge in [-0.1, -0.05) is 12.1 Å². The maximum atomic E-state index is 13.6. The van der Waals surface area contributed by atoms with Crippen molar-refractivity contribution in [1.29, 1.82) is 0 Å². The zero-order valence-electron chi connectivity index (χ0n) is 21.0. The van der Waals surface area contributed by atoms with E-state index in [0.29, 0.717) is 17.2 Å². The van der Waals surface area contributed by atoms with Gasteiger partial charge in [0.25, 0.3) is 5.91 Å². The lowest BCUT2D eigenvalue weighted by molar-refractivity contribution is -0.137. The highest BCUT2D eigenvalue weighted by Gasteiger charge is 2.31. The van der Waals surface area contributed by atoms with Crippen LogP contribution in [0.2, 0.25) is 0 Å². The molecule has 10 heteroatoms. The molecule has 7 nitrogen and oxygen atoms in total. The van der Waals surface area contributed by atoms with Crippen molar-refractivity contribution in [3.63, 3.8) is 0 Å². The molecule has 0 fully saturated rings. The first kappa shape index (κ1) is 25.7. The van der Waals surface area contributed by atoms with Gasteiger partial charge in [0.1, 0.15) is 5.82 Å². The lowest BCUT2D eigenvalue weighted by atomic mass is 10.1. The first-order valence-electron chi connectivity index (χ1n) is 11.9. The fourth-order valence-corrected chi connectivity index (χ4v) is 4.12. The Balaban J connectivity index is 1.41. The summed E-state index contributed by atoms with van der Waals surface area (Å²) in [6, 6.07) is 17.6. The maximum Gasteiger partial charge on any atom is 0.416 e. The van der Waals surface area contributed by atoms with Crippen molar-refractivity contribution in [2.75, 3.05) is 10.6 Å². The standard InChI is InChI=1S/C29H23F3N6O/c1-18-5-6-20(14-25(18)37-27-15-19(7-10-34-27)21-4-3-9-33-17-21)28(39)36-24-13-22(26-8-11-35-38(26)2)12-23(16-24)29(30,31)32/h3-17H,1-2H3,(H,34,37)(H,36,39). The largest absolute Gasteiger partial charge is 0.416 e. The summed E-state index contributed by atoms with van der Waals surface area (Å²) >= 11 is 0. The fraction of sp³-hybridized carbons (Fsp3) is 0.103. The van der Waals surface area contributed by atoms with E-state index in [9.17, 15) is 18.0 Å². The summed E-state index contributed by atoms with van der Waals surface area (Å²) in [5.41, 5.74) is 3.53. The number of pyridine rings is 2. The molecular weight excluding hydrogens is 505 g/mol. The lowest BCUT2D eigenvalue weighted by Crippen LogP contribution is -2.14. The van der Waals surface area contributed by atoms with E-state index in [4.69, 9.17) is 0 Å². The number of nitrogens with zero attached hydrogens (tertiary/aromatic N) is 4. The van der Waals surface area contributed by atoms with E-state index >= 15 is 0 Å². The number of amides is 1. The number of carbonyl (C=O) groups excluding carboxylic acids is 1. The summed E-state index contributed by atoms with van der Waals surface area (Å²) in [5.74, 6) is 0.0149. The lowest BCUT2D eigenvalue weighted by Gasteiger charge is -2.15. The summed E-state index contributed by atoms with van der Waals surface area (Å²) in [6.45, 7) is 1.88. The average Bonchev–Trinajstić information content (AvgIpc) is 3.35. The van der Waals surface area contributed by atoms with Crippen LogP contribution in [0, 0.1) is 6.92 Å². The predicted octanol–water partition coefficient (Wildman–Crippen LogP) is 6.87. The second-order valence-corrected chi connectivity index (χ2v) is 8.92. The Morgan fingerprint density at radius 3 is 2.46 bits per heavy atom. The van der Waals surface area contributed by atoms with Crippen LogP contribution in [0.25, 0.3) is 22.4 Å². The molecule has 0 saturated heterocycles. The third-order valence-electron chi connectivity index (χ3n) is 6.15. The molecule has 0 aliphatic rings. The number of rotatable bonds is 6. The van der Waals surface area contributed by atoms with Gasteiger partial charge in [0.15, 0.2) is 0 Å². The van der Waals surface area contributed by atoms with Crippen LogP contribution in [0.5, 0.6) is 0 Å². The summed E-state index contributed by atoms with van der Waals surface area (Å²) in [5, 5.41) is 9.88. The number of anilines is 3. The van der Waals surface area contributed by atoms with E-state index < -0.39 is 17.6 Å². The number of aryl methyl sites for hydroxylation is 2. The zero-order chi connectivity index (χ0) is 27.6. The van der Waals surface area contributed by atoms with Gasteiger partial charge in [-0.3, -0.25) is 14.5 Å². The Bertz CT molecular complexity index is 1650. The third kappa shape index (κ3) is 5.80. The molecule has 0 unspecified atom stereocenters. The van der Waals surface area contributed by atoms with E-state index in [1.165, 1.54) is 16.9 Å². The molecule has 3 aromatic heterocycles. The first-order chi connectivity index (χ1) is 18.7. The van der Waals surface area contributed by atoms with Gasteiger partial charge in [-0.2, -0.15) is 18.3 Å². The van der Waals surface area contributed by atoms with Crippen LogP contribution in [-0.4, -0.2) is 25.7 Å². The molecule has 0 aliphatic carbocycles. The molecule has 2 N–H and O–H groups in total. The molecule has 0 radical (unpaired) electrons. The van der Waals surface area contributed by atoms with Crippen molar-refractivity contribution < 1.29 is 18.0 Å². The van der Waals surface area contributed by atoms with E-state index in [1.54, 1.807) is 49.9 Å². The minimum Gasteiger partial charge on any atom is -0.340 e. The van der Waals surface area contributed by atoms with Gasteiger partial charge in [-0.05, 0) is 72.6 Å². The van der Waals surface area contributed by atoms with Crippen molar-refractivity contribution >= 4 is 23.1 Å². The van der Waals surface area contributed by atoms with Crippen LogP contribution in [-0.2, 0) is 13.2 Å². The molecule has 0 aliphatic heterocycles. The Kier molecular flexibility index (Phi) is 6.84. The molecule has 0 saturated carbocycles. The monoisotopic (exact) mass is 528 g/mol. The van der Waals surface area contributed by atoms with Crippen molar-refractivity contribution in [2.24, 2.45) is 7.05 Å². The zero-order valence-corrected chi connectivity index (χ0v) is 21.0. The second kappa shape index (κ2) is 10.4. The highest BCUT2D eigenvalue weighted by atomic mass is 19.4. The Morgan fingerprint density at radius 2 is 1.74 bits per heavy atom.